The van der Waals surface area contributed by atoms with Gasteiger partial charge in [-0.2, -0.15) is 18.2 Å². The summed E-state index contributed by atoms with van der Waals surface area (Å²) in [7, 11) is 2.01. The minimum Gasteiger partial charge on any atom is -0.347 e. The molecule has 0 amide bonds. The topological polar surface area (TPSA) is 70.1 Å². The number of para-hydroxylation sites is 1. The van der Waals surface area contributed by atoms with Crippen LogP contribution in [0.2, 0.25) is 0 Å². The number of halogens is 3. The maximum Gasteiger partial charge on any atom is 0.433 e. The largest absolute Gasteiger partial charge is 0.433 e. The molecule has 0 aliphatic heterocycles. The molecule has 0 saturated carbocycles. The van der Waals surface area contributed by atoms with Crippen LogP contribution in [-0.2, 0) is 26.2 Å². The Kier molecular flexibility index (Phi) is 5.15. The Balaban J connectivity index is 1.59. The highest BCUT2D eigenvalue weighted by Gasteiger charge is 2.34. The van der Waals surface area contributed by atoms with Gasteiger partial charge in [0.15, 0.2) is 5.69 Å². The van der Waals surface area contributed by atoms with Crippen molar-refractivity contribution in [2.75, 3.05) is 0 Å². The SMILES string of the molecule is Cc1nccn1CC1CCc2c(c3ccccc3n2C)C1=NOc1nccc(C(F)(F)F)n1. The van der Waals surface area contributed by atoms with Gasteiger partial charge in [-0.15, -0.1) is 0 Å². The molecule has 0 fully saturated rings. The third-order valence-electron chi connectivity index (χ3n) is 6.09. The lowest BCUT2D eigenvalue weighted by Gasteiger charge is -2.25. The minimum absolute atomic E-state index is 0.0259. The maximum absolute atomic E-state index is 13.1. The predicted molar refractivity (Wildman–Crippen MR) is 116 cm³/mol. The number of imidazole rings is 1. The molecule has 1 unspecified atom stereocenters. The molecule has 1 aliphatic rings. The van der Waals surface area contributed by atoms with Crippen LogP contribution in [0, 0.1) is 12.8 Å². The first kappa shape index (κ1) is 21.2. The molecule has 0 saturated heterocycles. The monoisotopic (exact) mass is 454 g/mol. The van der Waals surface area contributed by atoms with Gasteiger partial charge in [-0.3, -0.25) is 0 Å². The summed E-state index contributed by atoms with van der Waals surface area (Å²) in [5, 5.41) is 5.37. The van der Waals surface area contributed by atoms with Gasteiger partial charge in [0, 0.05) is 60.3 Å². The van der Waals surface area contributed by atoms with Crippen LogP contribution in [0.25, 0.3) is 10.9 Å². The number of nitrogens with zero attached hydrogens (tertiary/aromatic N) is 6. The second-order valence-corrected chi connectivity index (χ2v) is 8.05. The van der Waals surface area contributed by atoms with E-state index in [2.05, 4.69) is 24.7 Å². The quantitative estimate of drug-likeness (QED) is 0.425. The second-order valence-electron chi connectivity index (χ2n) is 8.05. The molecule has 1 aromatic carbocycles. The van der Waals surface area contributed by atoms with Gasteiger partial charge in [0.05, 0.1) is 5.71 Å². The number of fused-ring (bicyclic) bond motifs is 3. The number of hydrogen-bond donors (Lipinski definition) is 0. The first-order valence-corrected chi connectivity index (χ1v) is 10.5. The molecule has 0 spiro atoms. The Labute approximate surface area is 187 Å². The van der Waals surface area contributed by atoms with E-state index in [-0.39, 0.29) is 5.92 Å². The average molecular weight is 454 g/mol. The highest BCUT2D eigenvalue weighted by Crippen LogP contribution is 2.35. The van der Waals surface area contributed by atoms with Gasteiger partial charge in [-0.1, -0.05) is 23.4 Å². The summed E-state index contributed by atoms with van der Waals surface area (Å²) in [6.45, 7) is 2.55. The van der Waals surface area contributed by atoms with Gasteiger partial charge in [-0.25, -0.2) is 9.97 Å². The molecule has 10 heteroatoms. The number of aromatic nitrogens is 5. The Morgan fingerprint density at radius 3 is 2.73 bits per heavy atom. The lowest BCUT2D eigenvalue weighted by atomic mass is 9.84. The number of rotatable bonds is 4. The van der Waals surface area contributed by atoms with E-state index in [1.54, 1.807) is 6.20 Å². The Hall–Kier alpha value is -3.69. The van der Waals surface area contributed by atoms with E-state index in [4.69, 9.17) is 4.84 Å². The fraction of sp³-hybridized carbons (Fsp3) is 0.304. The molecule has 0 bridgehead atoms. The number of oxime groups is 1. The zero-order chi connectivity index (χ0) is 23.2. The molecule has 7 nitrogen and oxygen atoms in total. The summed E-state index contributed by atoms with van der Waals surface area (Å²) < 4.78 is 43.3. The molecule has 0 N–H and O–H groups in total. The summed E-state index contributed by atoms with van der Waals surface area (Å²) in [5.74, 6) is 0.849. The lowest BCUT2D eigenvalue weighted by molar-refractivity contribution is -0.141. The van der Waals surface area contributed by atoms with Crippen molar-refractivity contribution in [3.63, 3.8) is 0 Å². The van der Waals surface area contributed by atoms with E-state index in [0.717, 1.165) is 53.1 Å². The predicted octanol–water partition coefficient (Wildman–Crippen LogP) is 4.54. The molecule has 4 aromatic rings. The zero-order valence-corrected chi connectivity index (χ0v) is 18.0. The van der Waals surface area contributed by atoms with Crippen LogP contribution in [-0.4, -0.2) is 29.8 Å². The average Bonchev–Trinajstić information content (AvgIpc) is 3.33. The third kappa shape index (κ3) is 3.85. The molecule has 3 aromatic heterocycles. The first-order chi connectivity index (χ1) is 15.8. The third-order valence-corrected chi connectivity index (χ3v) is 6.09. The molecule has 3 heterocycles. The molecular formula is C23H21F3N6O. The first-order valence-electron chi connectivity index (χ1n) is 10.5. The van der Waals surface area contributed by atoms with Crippen molar-refractivity contribution in [2.45, 2.75) is 32.5 Å². The molecule has 0 radical (unpaired) electrons. The lowest BCUT2D eigenvalue weighted by Crippen LogP contribution is -2.28. The Morgan fingerprint density at radius 1 is 1.15 bits per heavy atom. The number of aryl methyl sites for hydroxylation is 2. The van der Waals surface area contributed by atoms with Crippen molar-refractivity contribution >= 4 is 16.6 Å². The molecule has 1 aliphatic carbocycles. The van der Waals surface area contributed by atoms with Crippen LogP contribution >= 0.6 is 0 Å². The maximum atomic E-state index is 13.1. The van der Waals surface area contributed by atoms with Crippen LogP contribution in [0.15, 0.2) is 54.1 Å². The number of hydrogen-bond acceptors (Lipinski definition) is 5. The van der Waals surface area contributed by atoms with E-state index in [0.29, 0.717) is 12.3 Å². The summed E-state index contributed by atoms with van der Waals surface area (Å²) in [4.78, 5) is 17.0. The van der Waals surface area contributed by atoms with Crippen molar-refractivity contribution in [2.24, 2.45) is 18.1 Å². The van der Waals surface area contributed by atoms with E-state index in [1.165, 1.54) is 0 Å². The van der Waals surface area contributed by atoms with Crippen LogP contribution in [0.3, 0.4) is 0 Å². The second kappa shape index (κ2) is 8.02. The normalized spacial score (nSPS) is 17.5. The molecule has 33 heavy (non-hydrogen) atoms. The Bertz CT molecular complexity index is 1350. The van der Waals surface area contributed by atoms with Crippen LogP contribution < -0.4 is 4.84 Å². The summed E-state index contributed by atoms with van der Waals surface area (Å²) in [6.07, 6.45) is 1.72. The summed E-state index contributed by atoms with van der Waals surface area (Å²) in [5.41, 5.74) is 2.72. The van der Waals surface area contributed by atoms with E-state index >= 15 is 0 Å². The standard InChI is InChI=1S/C23H21F3N6O/c1-14-27-11-12-32(14)13-15-7-8-18-20(16-5-3-4-6-17(16)31(18)2)21(15)30-33-22-28-10-9-19(29-22)23(24,25)26/h3-6,9-12,15H,7-8,13H2,1-2H3. The van der Waals surface area contributed by atoms with Crippen LogP contribution in [0.1, 0.15) is 29.2 Å². The summed E-state index contributed by atoms with van der Waals surface area (Å²) >= 11 is 0. The van der Waals surface area contributed by atoms with Gasteiger partial charge in [0.2, 0.25) is 0 Å². The summed E-state index contributed by atoms with van der Waals surface area (Å²) in [6, 6.07) is 8.35. The highest BCUT2D eigenvalue weighted by molar-refractivity contribution is 6.13. The molecule has 1 atom stereocenters. The minimum atomic E-state index is -4.59. The van der Waals surface area contributed by atoms with E-state index in [1.807, 2.05) is 49.0 Å². The molecule has 170 valence electrons. The van der Waals surface area contributed by atoms with E-state index < -0.39 is 17.9 Å². The van der Waals surface area contributed by atoms with Gasteiger partial charge in [0.1, 0.15) is 5.82 Å². The number of alkyl halides is 3. The van der Waals surface area contributed by atoms with Crippen LogP contribution in [0.4, 0.5) is 13.2 Å². The van der Waals surface area contributed by atoms with Crippen LogP contribution in [0.5, 0.6) is 6.01 Å². The fourth-order valence-electron chi connectivity index (χ4n) is 4.44. The van der Waals surface area contributed by atoms with Crippen molar-refractivity contribution in [3.8, 4) is 6.01 Å². The zero-order valence-electron chi connectivity index (χ0n) is 18.0. The van der Waals surface area contributed by atoms with Gasteiger partial charge < -0.3 is 14.0 Å². The van der Waals surface area contributed by atoms with Gasteiger partial charge >= 0.3 is 12.2 Å². The smallest absolute Gasteiger partial charge is 0.347 e. The van der Waals surface area contributed by atoms with Crippen molar-refractivity contribution in [3.05, 3.63) is 71.7 Å². The molecule has 5 rings (SSSR count). The van der Waals surface area contributed by atoms with Crippen molar-refractivity contribution in [1.29, 1.82) is 0 Å². The van der Waals surface area contributed by atoms with Gasteiger partial charge in [-0.05, 0) is 31.9 Å². The number of benzene rings is 1. The van der Waals surface area contributed by atoms with Gasteiger partial charge in [0.25, 0.3) is 0 Å². The van der Waals surface area contributed by atoms with Crippen molar-refractivity contribution < 1.29 is 18.0 Å². The highest BCUT2D eigenvalue weighted by atomic mass is 19.4. The van der Waals surface area contributed by atoms with Crippen molar-refractivity contribution in [1.82, 2.24) is 24.1 Å². The van der Waals surface area contributed by atoms with E-state index in [9.17, 15) is 13.2 Å². The molecular weight excluding hydrogens is 433 g/mol. The fourth-order valence-corrected chi connectivity index (χ4v) is 4.44. The Morgan fingerprint density at radius 2 is 1.97 bits per heavy atom.